The molecule has 120 valence electrons. The van der Waals surface area contributed by atoms with E-state index in [1.165, 1.54) is 23.1 Å². The van der Waals surface area contributed by atoms with Crippen LogP contribution < -0.4 is 4.74 Å². The lowest BCUT2D eigenvalue weighted by Gasteiger charge is -2.15. The Morgan fingerprint density at radius 2 is 2.25 bits per heavy atom. The molecule has 3 heterocycles. The van der Waals surface area contributed by atoms with E-state index in [0.717, 1.165) is 16.9 Å². The summed E-state index contributed by atoms with van der Waals surface area (Å²) in [6, 6.07) is 7.86. The molecule has 0 radical (unpaired) electrons. The zero-order valence-electron chi connectivity index (χ0n) is 12.8. The molecule has 0 atom stereocenters. The van der Waals surface area contributed by atoms with E-state index in [9.17, 15) is 4.79 Å². The van der Waals surface area contributed by atoms with E-state index in [4.69, 9.17) is 4.74 Å². The van der Waals surface area contributed by atoms with Gasteiger partial charge in [-0.1, -0.05) is 18.2 Å². The van der Waals surface area contributed by atoms with Gasteiger partial charge in [0.15, 0.2) is 5.17 Å². The number of fused-ring (bicyclic) bond motifs is 1. The van der Waals surface area contributed by atoms with Gasteiger partial charge >= 0.3 is 0 Å². The quantitative estimate of drug-likeness (QED) is 0.771. The van der Waals surface area contributed by atoms with Crippen LogP contribution in [0.15, 0.2) is 57.4 Å². The summed E-state index contributed by atoms with van der Waals surface area (Å²) in [5.41, 5.74) is 1.99. The highest BCUT2D eigenvalue weighted by Gasteiger charge is 2.31. The third-order valence-electron chi connectivity index (χ3n) is 3.58. The Morgan fingerprint density at radius 3 is 3.08 bits per heavy atom. The van der Waals surface area contributed by atoms with Crippen molar-refractivity contribution in [1.82, 2.24) is 9.88 Å². The van der Waals surface area contributed by atoms with E-state index in [1.54, 1.807) is 18.1 Å². The maximum atomic E-state index is 12.4. The van der Waals surface area contributed by atoms with Crippen molar-refractivity contribution in [3.63, 3.8) is 0 Å². The Morgan fingerprint density at radius 1 is 1.38 bits per heavy atom. The van der Waals surface area contributed by atoms with Crippen LogP contribution in [-0.4, -0.2) is 34.6 Å². The number of para-hydroxylation sites is 1. The number of carbonyl (C=O) groups is 1. The Hall–Kier alpha value is -2.38. The number of ether oxygens (including phenoxy) is 1. The molecule has 0 N–H and O–H groups in total. The average Bonchev–Trinajstić information content (AvgIpc) is 3.20. The molecule has 7 heteroatoms. The lowest BCUT2D eigenvalue weighted by atomic mass is 10.1. The summed E-state index contributed by atoms with van der Waals surface area (Å²) in [6.07, 6.45) is 5.63. The van der Waals surface area contributed by atoms with Crippen molar-refractivity contribution in [3.8, 4) is 5.75 Å². The van der Waals surface area contributed by atoms with Gasteiger partial charge in [-0.15, -0.1) is 11.3 Å². The van der Waals surface area contributed by atoms with E-state index in [1.807, 2.05) is 35.7 Å². The van der Waals surface area contributed by atoms with Crippen LogP contribution in [0, 0.1) is 0 Å². The summed E-state index contributed by atoms with van der Waals surface area (Å²) in [4.78, 5) is 23.2. The number of amides is 1. The van der Waals surface area contributed by atoms with E-state index in [0.29, 0.717) is 21.8 Å². The molecule has 1 aromatic heterocycles. The van der Waals surface area contributed by atoms with Gasteiger partial charge in [-0.3, -0.25) is 9.69 Å². The molecule has 1 aromatic carbocycles. The predicted octanol–water partition coefficient (Wildman–Crippen LogP) is 3.70. The van der Waals surface area contributed by atoms with Crippen LogP contribution in [0.2, 0.25) is 0 Å². The second-order valence-corrected chi connectivity index (χ2v) is 7.11. The van der Waals surface area contributed by atoms with Crippen LogP contribution in [0.4, 0.5) is 5.13 Å². The van der Waals surface area contributed by atoms with Gasteiger partial charge in [0.1, 0.15) is 12.4 Å². The number of benzene rings is 1. The molecule has 1 fully saturated rings. The van der Waals surface area contributed by atoms with Crippen molar-refractivity contribution in [1.29, 1.82) is 0 Å². The first-order valence-electron chi connectivity index (χ1n) is 7.29. The van der Waals surface area contributed by atoms with Crippen LogP contribution in [0.25, 0.3) is 6.08 Å². The molecular formula is C17H13N3O2S2. The van der Waals surface area contributed by atoms with Gasteiger partial charge in [0.05, 0.1) is 4.91 Å². The maximum absolute atomic E-state index is 12.4. The van der Waals surface area contributed by atoms with Crippen molar-refractivity contribution in [2.75, 3.05) is 13.7 Å². The number of aromatic nitrogens is 1. The van der Waals surface area contributed by atoms with Gasteiger partial charge in [-0.2, -0.15) is 4.99 Å². The topological polar surface area (TPSA) is 54.8 Å². The molecule has 0 saturated carbocycles. The second-order valence-electron chi connectivity index (χ2n) is 5.23. The molecule has 0 unspecified atom stereocenters. The number of rotatable bonds is 2. The van der Waals surface area contributed by atoms with Crippen LogP contribution in [-0.2, 0) is 4.79 Å². The zero-order chi connectivity index (χ0) is 16.5. The molecule has 2 aliphatic heterocycles. The number of thioether (sulfide) groups is 1. The lowest BCUT2D eigenvalue weighted by Crippen LogP contribution is -2.23. The predicted molar refractivity (Wildman–Crippen MR) is 97.6 cm³/mol. The first-order chi connectivity index (χ1) is 11.7. The smallest absolute Gasteiger partial charge is 0.266 e. The summed E-state index contributed by atoms with van der Waals surface area (Å²) in [6.45, 7) is 0.455. The van der Waals surface area contributed by atoms with Crippen molar-refractivity contribution in [3.05, 3.63) is 58.0 Å². The molecule has 5 nitrogen and oxygen atoms in total. The second kappa shape index (κ2) is 6.26. The van der Waals surface area contributed by atoms with Gasteiger partial charge in [0.25, 0.3) is 5.91 Å². The van der Waals surface area contributed by atoms with E-state index in [2.05, 4.69) is 16.1 Å². The van der Waals surface area contributed by atoms with Crippen molar-refractivity contribution in [2.45, 2.75) is 0 Å². The Balaban J connectivity index is 1.62. The molecule has 2 aliphatic rings. The first-order valence-corrected chi connectivity index (χ1v) is 8.98. The summed E-state index contributed by atoms with van der Waals surface area (Å²) >= 11 is 2.80. The Bertz CT molecular complexity index is 885. The van der Waals surface area contributed by atoms with E-state index in [-0.39, 0.29) is 5.91 Å². The van der Waals surface area contributed by atoms with Crippen LogP contribution >= 0.6 is 23.1 Å². The van der Waals surface area contributed by atoms with Gasteiger partial charge in [-0.05, 0) is 35.6 Å². The molecule has 2 aromatic rings. The number of hydrogen-bond acceptors (Lipinski definition) is 6. The summed E-state index contributed by atoms with van der Waals surface area (Å²) < 4.78 is 5.73. The number of carbonyl (C=O) groups excluding carboxylic acids is 1. The standard InChI is InChI=1S/C17H13N3O2S2/c1-20-15(21)14(24-17(20)19-16-18-6-7-23-16)9-11-8-12-4-2-3-5-13(12)22-10-11/h2-9H,10H2,1H3/b14-9+,19-17+. The van der Waals surface area contributed by atoms with Crippen LogP contribution in [0.3, 0.4) is 0 Å². The molecule has 1 amide bonds. The normalized spacial score (nSPS) is 20.3. The number of hydrogen-bond donors (Lipinski definition) is 0. The molecule has 4 rings (SSSR count). The summed E-state index contributed by atoms with van der Waals surface area (Å²) in [5, 5.41) is 3.14. The highest BCUT2D eigenvalue weighted by Crippen LogP contribution is 2.34. The summed E-state index contributed by atoms with van der Waals surface area (Å²) in [5.74, 6) is 0.809. The van der Waals surface area contributed by atoms with Gasteiger partial charge in [0, 0.05) is 24.2 Å². The van der Waals surface area contributed by atoms with Crippen LogP contribution in [0.5, 0.6) is 5.75 Å². The minimum atomic E-state index is -0.0601. The highest BCUT2D eigenvalue weighted by atomic mass is 32.2. The van der Waals surface area contributed by atoms with Crippen LogP contribution in [0.1, 0.15) is 5.56 Å². The summed E-state index contributed by atoms with van der Waals surface area (Å²) in [7, 11) is 1.73. The molecule has 0 aliphatic carbocycles. The number of amidine groups is 1. The largest absolute Gasteiger partial charge is 0.488 e. The molecule has 1 saturated heterocycles. The zero-order valence-corrected chi connectivity index (χ0v) is 14.4. The monoisotopic (exact) mass is 355 g/mol. The molecule has 0 spiro atoms. The van der Waals surface area contributed by atoms with Crippen molar-refractivity contribution >= 4 is 45.4 Å². The lowest BCUT2D eigenvalue weighted by molar-refractivity contribution is -0.121. The van der Waals surface area contributed by atoms with Gasteiger partial charge in [0.2, 0.25) is 5.13 Å². The first kappa shape index (κ1) is 15.2. The Kier molecular flexibility index (Phi) is 3.95. The molecule has 24 heavy (non-hydrogen) atoms. The fourth-order valence-corrected chi connectivity index (χ4v) is 3.94. The number of nitrogens with zero attached hydrogens (tertiary/aromatic N) is 3. The SMILES string of the molecule is CN1C(=O)/C(=C\C2=Cc3ccccc3OC2)S/C1=N/c1nccs1. The average molecular weight is 355 g/mol. The number of likely N-dealkylation sites (N-methyl/N-ethyl adjacent to an activating group) is 1. The van der Waals surface area contributed by atoms with E-state index < -0.39 is 0 Å². The van der Waals surface area contributed by atoms with Crippen molar-refractivity contribution in [2.24, 2.45) is 4.99 Å². The molecule has 0 bridgehead atoms. The van der Waals surface area contributed by atoms with Crippen molar-refractivity contribution < 1.29 is 9.53 Å². The fraction of sp³-hybridized carbons (Fsp3) is 0.118. The fourth-order valence-electron chi connectivity index (χ4n) is 2.39. The number of thiazole rings is 1. The minimum absolute atomic E-state index is 0.0601. The minimum Gasteiger partial charge on any atom is -0.488 e. The molecular weight excluding hydrogens is 342 g/mol. The third kappa shape index (κ3) is 2.88. The maximum Gasteiger partial charge on any atom is 0.266 e. The van der Waals surface area contributed by atoms with Gasteiger partial charge in [-0.25, -0.2) is 4.98 Å². The third-order valence-corrected chi connectivity index (χ3v) is 5.31. The highest BCUT2D eigenvalue weighted by molar-refractivity contribution is 8.18. The van der Waals surface area contributed by atoms with E-state index >= 15 is 0 Å². The van der Waals surface area contributed by atoms with Gasteiger partial charge < -0.3 is 4.74 Å². The Labute approximate surface area is 147 Å². The number of aliphatic imine (C=N–C) groups is 1.